The standard InChI is InChI=1S/C31H40N2O4/c1-22(20-24-8-6-5-7-9-24)27-21-28(27)33(30(36)37-31(2,3)4)26-15-18-32(19-16-26)17-14-23-10-12-25(13-11-23)29(34)35/h5-13,20,26-28H,14-19,21H2,1-4H3,(H,34,35). The van der Waals surface area contributed by atoms with Crippen molar-refractivity contribution in [2.24, 2.45) is 5.92 Å². The summed E-state index contributed by atoms with van der Waals surface area (Å²) in [6, 6.07) is 17.9. The number of carbonyl (C=O) groups is 2. The van der Waals surface area contributed by atoms with E-state index in [0.29, 0.717) is 11.5 Å². The summed E-state index contributed by atoms with van der Waals surface area (Å²) in [5, 5.41) is 9.09. The van der Waals surface area contributed by atoms with Crippen molar-refractivity contribution < 1.29 is 19.4 Å². The molecule has 2 unspecified atom stereocenters. The molecule has 6 heteroatoms. The zero-order valence-electron chi connectivity index (χ0n) is 22.5. The first kappa shape index (κ1) is 26.9. The lowest BCUT2D eigenvalue weighted by molar-refractivity contribution is 0.00492. The number of hydrogen-bond donors (Lipinski definition) is 1. The van der Waals surface area contributed by atoms with Crippen LogP contribution in [-0.4, -0.2) is 64.3 Å². The van der Waals surface area contributed by atoms with Crippen molar-refractivity contribution in [2.45, 2.75) is 71.1 Å². The largest absolute Gasteiger partial charge is 0.478 e. The van der Waals surface area contributed by atoms with Gasteiger partial charge in [-0.15, -0.1) is 0 Å². The summed E-state index contributed by atoms with van der Waals surface area (Å²) in [6.07, 6.45) is 5.78. The van der Waals surface area contributed by atoms with E-state index in [-0.39, 0.29) is 18.2 Å². The number of ether oxygens (including phenoxy) is 1. The van der Waals surface area contributed by atoms with E-state index >= 15 is 0 Å². The Morgan fingerprint density at radius 1 is 1.05 bits per heavy atom. The lowest BCUT2D eigenvalue weighted by Gasteiger charge is -2.39. The molecule has 1 saturated carbocycles. The van der Waals surface area contributed by atoms with Crippen molar-refractivity contribution >= 4 is 18.1 Å². The third kappa shape index (κ3) is 7.45. The van der Waals surface area contributed by atoms with Crippen LogP contribution in [0.4, 0.5) is 4.79 Å². The van der Waals surface area contributed by atoms with Crippen LogP contribution in [-0.2, 0) is 11.2 Å². The number of rotatable bonds is 8. The van der Waals surface area contributed by atoms with E-state index in [1.54, 1.807) is 12.1 Å². The monoisotopic (exact) mass is 504 g/mol. The number of hydrogen-bond acceptors (Lipinski definition) is 4. The van der Waals surface area contributed by atoms with Crippen LogP contribution in [0.3, 0.4) is 0 Å². The number of carbonyl (C=O) groups excluding carboxylic acids is 1. The molecule has 2 aliphatic rings. The zero-order chi connectivity index (χ0) is 26.6. The highest BCUT2D eigenvalue weighted by atomic mass is 16.6. The molecular weight excluding hydrogens is 464 g/mol. The van der Waals surface area contributed by atoms with Gasteiger partial charge in [-0.05, 0) is 76.6 Å². The molecule has 1 aliphatic heterocycles. The number of piperidine rings is 1. The van der Waals surface area contributed by atoms with Crippen molar-refractivity contribution in [1.82, 2.24) is 9.80 Å². The second kappa shape index (κ2) is 11.5. The van der Waals surface area contributed by atoms with E-state index in [2.05, 4.69) is 47.1 Å². The average Bonchev–Trinajstić information content (AvgIpc) is 3.64. The summed E-state index contributed by atoms with van der Waals surface area (Å²) in [6.45, 7) is 10.8. The number of amides is 1. The molecule has 2 fully saturated rings. The van der Waals surface area contributed by atoms with Crippen LogP contribution in [0, 0.1) is 5.92 Å². The van der Waals surface area contributed by atoms with Crippen molar-refractivity contribution in [3.8, 4) is 0 Å². The summed E-state index contributed by atoms with van der Waals surface area (Å²) in [4.78, 5) is 28.9. The van der Waals surface area contributed by atoms with Crippen LogP contribution in [0.5, 0.6) is 0 Å². The predicted octanol–water partition coefficient (Wildman–Crippen LogP) is 6.12. The van der Waals surface area contributed by atoms with Gasteiger partial charge >= 0.3 is 12.1 Å². The average molecular weight is 505 g/mol. The van der Waals surface area contributed by atoms with Crippen LogP contribution >= 0.6 is 0 Å². The fraction of sp³-hybridized carbons (Fsp3) is 0.484. The molecule has 37 heavy (non-hydrogen) atoms. The van der Waals surface area contributed by atoms with Gasteiger partial charge in [0.25, 0.3) is 0 Å². The quantitative estimate of drug-likeness (QED) is 0.469. The summed E-state index contributed by atoms with van der Waals surface area (Å²) in [7, 11) is 0. The van der Waals surface area contributed by atoms with Crippen LogP contribution < -0.4 is 0 Å². The third-order valence-corrected chi connectivity index (χ3v) is 7.37. The molecular formula is C31H40N2O4. The van der Waals surface area contributed by atoms with Gasteiger partial charge in [0.05, 0.1) is 5.56 Å². The number of aromatic carboxylic acids is 1. The number of nitrogens with zero attached hydrogens (tertiary/aromatic N) is 2. The van der Waals surface area contributed by atoms with E-state index in [4.69, 9.17) is 9.84 Å². The smallest absolute Gasteiger partial charge is 0.410 e. The van der Waals surface area contributed by atoms with Crippen LogP contribution in [0.25, 0.3) is 6.08 Å². The molecule has 1 heterocycles. The molecule has 0 spiro atoms. The Morgan fingerprint density at radius 3 is 2.30 bits per heavy atom. The first-order chi connectivity index (χ1) is 17.6. The molecule has 0 radical (unpaired) electrons. The second-order valence-electron chi connectivity index (χ2n) is 11.4. The molecule has 2 aromatic carbocycles. The molecule has 2 atom stereocenters. The van der Waals surface area contributed by atoms with E-state index in [1.165, 1.54) is 11.1 Å². The van der Waals surface area contributed by atoms with Gasteiger partial charge in [0.2, 0.25) is 0 Å². The Bertz CT molecular complexity index is 1100. The normalized spacial score (nSPS) is 20.9. The third-order valence-electron chi connectivity index (χ3n) is 7.37. The maximum Gasteiger partial charge on any atom is 0.410 e. The first-order valence-corrected chi connectivity index (χ1v) is 13.4. The van der Waals surface area contributed by atoms with E-state index in [0.717, 1.165) is 50.9 Å². The van der Waals surface area contributed by atoms with Crippen LogP contribution in [0.15, 0.2) is 60.2 Å². The van der Waals surface area contributed by atoms with Gasteiger partial charge in [0, 0.05) is 37.6 Å². The highest BCUT2D eigenvalue weighted by molar-refractivity contribution is 5.87. The summed E-state index contributed by atoms with van der Waals surface area (Å²) in [5.74, 6) is -0.522. The van der Waals surface area contributed by atoms with Gasteiger partial charge in [-0.1, -0.05) is 54.1 Å². The maximum absolute atomic E-state index is 13.4. The van der Waals surface area contributed by atoms with E-state index in [9.17, 15) is 9.59 Å². The molecule has 0 bridgehead atoms. The van der Waals surface area contributed by atoms with E-state index in [1.807, 2.05) is 39.0 Å². The first-order valence-electron chi connectivity index (χ1n) is 13.4. The number of carboxylic acid groups (broad SMARTS) is 1. The van der Waals surface area contributed by atoms with Crippen molar-refractivity contribution in [3.63, 3.8) is 0 Å². The molecule has 6 nitrogen and oxygen atoms in total. The van der Waals surface area contributed by atoms with Gasteiger partial charge in [-0.25, -0.2) is 9.59 Å². The SMILES string of the molecule is CC(=Cc1ccccc1)C1CC1N(C(=O)OC(C)(C)C)C1CCN(CCc2ccc(C(=O)O)cc2)CC1. The predicted molar refractivity (Wildman–Crippen MR) is 147 cm³/mol. The zero-order valence-corrected chi connectivity index (χ0v) is 22.5. The van der Waals surface area contributed by atoms with Crippen LogP contribution in [0.1, 0.15) is 68.4 Å². The highest BCUT2D eigenvalue weighted by Gasteiger charge is 2.48. The van der Waals surface area contributed by atoms with Crippen molar-refractivity contribution in [1.29, 1.82) is 0 Å². The van der Waals surface area contributed by atoms with Gasteiger partial charge < -0.3 is 19.6 Å². The minimum atomic E-state index is -0.896. The number of benzene rings is 2. The molecule has 1 aliphatic carbocycles. The fourth-order valence-electron chi connectivity index (χ4n) is 5.29. The fourth-order valence-corrected chi connectivity index (χ4v) is 5.29. The Kier molecular flexibility index (Phi) is 8.38. The van der Waals surface area contributed by atoms with Crippen LogP contribution in [0.2, 0.25) is 0 Å². The van der Waals surface area contributed by atoms with Gasteiger partial charge in [0.1, 0.15) is 5.60 Å². The van der Waals surface area contributed by atoms with Gasteiger partial charge in [-0.3, -0.25) is 0 Å². The van der Waals surface area contributed by atoms with Gasteiger partial charge in [0.15, 0.2) is 0 Å². The number of carboxylic acids is 1. The lowest BCUT2D eigenvalue weighted by Crippen LogP contribution is -2.50. The topological polar surface area (TPSA) is 70.1 Å². The second-order valence-corrected chi connectivity index (χ2v) is 11.4. The summed E-state index contributed by atoms with van der Waals surface area (Å²) < 4.78 is 5.87. The molecule has 198 valence electrons. The highest BCUT2D eigenvalue weighted by Crippen LogP contribution is 2.44. The molecule has 0 aromatic heterocycles. The Hall–Kier alpha value is -3.12. The Balaban J connectivity index is 1.36. The lowest BCUT2D eigenvalue weighted by atomic mass is 10.0. The maximum atomic E-state index is 13.4. The minimum Gasteiger partial charge on any atom is -0.478 e. The van der Waals surface area contributed by atoms with E-state index < -0.39 is 11.6 Å². The molecule has 1 saturated heterocycles. The summed E-state index contributed by atoms with van der Waals surface area (Å²) in [5.41, 5.74) is 3.45. The number of likely N-dealkylation sites (tertiary alicyclic amines) is 1. The van der Waals surface area contributed by atoms with Crippen molar-refractivity contribution in [3.05, 3.63) is 76.9 Å². The molecule has 2 aromatic rings. The molecule has 4 rings (SSSR count). The summed E-state index contributed by atoms with van der Waals surface area (Å²) >= 11 is 0. The Morgan fingerprint density at radius 2 is 1.70 bits per heavy atom. The molecule has 1 N–H and O–H groups in total. The van der Waals surface area contributed by atoms with Crippen molar-refractivity contribution in [2.75, 3.05) is 19.6 Å². The molecule has 1 amide bonds. The Labute approximate surface area is 220 Å². The van der Waals surface area contributed by atoms with Gasteiger partial charge in [-0.2, -0.15) is 0 Å². The minimum absolute atomic E-state index is 0.181.